The van der Waals surface area contributed by atoms with Crippen LogP contribution in [0.5, 0.6) is 0 Å². The Bertz CT molecular complexity index is 668. The number of pyridine rings is 1. The Morgan fingerprint density at radius 2 is 1.82 bits per heavy atom. The second kappa shape index (κ2) is 3.90. The molecule has 0 unspecified atom stereocenters. The maximum absolute atomic E-state index is 5.88. The molecule has 0 N–H and O–H groups in total. The van der Waals surface area contributed by atoms with Gasteiger partial charge in [-0.05, 0) is 31.2 Å². The molecule has 0 spiro atoms. The SMILES string of the molecule is Cc1cccc2nc(-c3ccc(Cl)cc3)cn12. The van der Waals surface area contributed by atoms with E-state index in [0.29, 0.717) is 0 Å². The molecular formula is C14H11ClN2. The van der Waals surface area contributed by atoms with Crippen LogP contribution in [0.1, 0.15) is 5.69 Å². The normalized spacial score (nSPS) is 10.9. The quantitative estimate of drug-likeness (QED) is 0.631. The Balaban J connectivity index is 2.18. The van der Waals surface area contributed by atoms with Crippen LogP contribution in [-0.2, 0) is 0 Å². The van der Waals surface area contributed by atoms with E-state index in [1.165, 1.54) is 5.69 Å². The van der Waals surface area contributed by atoms with Crippen LogP contribution in [0, 0.1) is 6.92 Å². The lowest BCUT2D eigenvalue weighted by Gasteiger charge is -1.96. The molecule has 0 bridgehead atoms. The monoisotopic (exact) mass is 242 g/mol. The highest BCUT2D eigenvalue weighted by molar-refractivity contribution is 6.30. The third-order valence-corrected chi connectivity index (χ3v) is 3.09. The lowest BCUT2D eigenvalue weighted by Crippen LogP contribution is -1.86. The van der Waals surface area contributed by atoms with Gasteiger partial charge in [-0.25, -0.2) is 4.98 Å². The zero-order valence-electron chi connectivity index (χ0n) is 9.39. The highest BCUT2D eigenvalue weighted by Gasteiger charge is 2.04. The van der Waals surface area contributed by atoms with Gasteiger partial charge in [0, 0.05) is 22.5 Å². The summed E-state index contributed by atoms with van der Waals surface area (Å²) in [6, 6.07) is 13.8. The molecular weight excluding hydrogens is 232 g/mol. The number of benzene rings is 1. The molecule has 0 aliphatic heterocycles. The molecule has 3 rings (SSSR count). The number of halogens is 1. The van der Waals surface area contributed by atoms with Gasteiger partial charge in [-0.3, -0.25) is 0 Å². The second-order valence-corrected chi connectivity index (χ2v) is 4.46. The number of hydrogen-bond acceptors (Lipinski definition) is 1. The zero-order chi connectivity index (χ0) is 11.8. The Kier molecular flexibility index (Phi) is 2.37. The molecule has 0 atom stereocenters. The van der Waals surface area contributed by atoms with Crippen LogP contribution in [0.25, 0.3) is 16.9 Å². The van der Waals surface area contributed by atoms with Crippen molar-refractivity contribution in [3.05, 3.63) is 59.4 Å². The molecule has 3 heteroatoms. The van der Waals surface area contributed by atoms with Crippen molar-refractivity contribution in [1.29, 1.82) is 0 Å². The Labute approximate surface area is 104 Å². The van der Waals surface area contributed by atoms with Crippen LogP contribution in [0.3, 0.4) is 0 Å². The molecule has 1 aromatic carbocycles. The van der Waals surface area contributed by atoms with Crippen molar-refractivity contribution in [2.75, 3.05) is 0 Å². The number of aryl methyl sites for hydroxylation is 1. The van der Waals surface area contributed by atoms with E-state index >= 15 is 0 Å². The smallest absolute Gasteiger partial charge is 0.137 e. The second-order valence-electron chi connectivity index (χ2n) is 4.03. The van der Waals surface area contributed by atoms with E-state index in [1.807, 2.05) is 42.6 Å². The van der Waals surface area contributed by atoms with E-state index in [-0.39, 0.29) is 0 Å². The average Bonchev–Trinajstić information content (AvgIpc) is 2.75. The van der Waals surface area contributed by atoms with Gasteiger partial charge in [0.15, 0.2) is 0 Å². The molecule has 0 aliphatic carbocycles. The van der Waals surface area contributed by atoms with Crippen molar-refractivity contribution in [1.82, 2.24) is 9.38 Å². The summed E-state index contributed by atoms with van der Waals surface area (Å²) in [4.78, 5) is 4.59. The number of hydrogen-bond donors (Lipinski definition) is 0. The van der Waals surface area contributed by atoms with Crippen molar-refractivity contribution in [2.45, 2.75) is 6.92 Å². The Hall–Kier alpha value is -1.80. The van der Waals surface area contributed by atoms with Gasteiger partial charge in [-0.15, -0.1) is 0 Å². The van der Waals surface area contributed by atoms with Gasteiger partial charge in [0.25, 0.3) is 0 Å². The van der Waals surface area contributed by atoms with E-state index < -0.39 is 0 Å². The maximum atomic E-state index is 5.88. The van der Waals surface area contributed by atoms with Gasteiger partial charge in [-0.2, -0.15) is 0 Å². The first-order valence-electron chi connectivity index (χ1n) is 5.45. The zero-order valence-corrected chi connectivity index (χ0v) is 10.1. The predicted octanol–water partition coefficient (Wildman–Crippen LogP) is 3.96. The summed E-state index contributed by atoms with van der Waals surface area (Å²) in [7, 11) is 0. The minimum atomic E-state index is 0.744. The van der Waals surface area contributed by atoms with Gasteiger partial charge in [0.2, 0.25) is 0 Å². The predicted molar refractivity (Wildman–Crippen MR) is 70.4 cm³/mol. The third-order valence-electron chi connectivity index (χ3n) is 2.84. The Morgan fingerprint density at radius 1 is 1.06 bits per heavy atom. The fourth-order valence-electron chi connectivity index (χ4n) is 1.91. The molecule has 2 heterocycles. The average molecular weight is 243 g/mol. The van der Waals surface area contributed by atoms with Crippen LogP contribution in [0.2, 0.25) is 5.02 Å². The summed E-state index contributed by atoms with van der Waals surface area (Å²) in [5, 5.41) is 0.744. The molecule has 2 aromatic heterocycles. The third kappa shape index (κ3) is 1.81. The fourth-order valence-corrected chi connectivity index (χ4v) is 2.03. The van der Waals surface area contributed by atoms with Crippen molar-refractivity contribution >= 4 is 17.2 Å². The number of rotatable bonds is 1. The van der Waals surface area contributed by atoms with E-state index in [2.05, 4.69) is 22.4 Å². The number of aromatic nitrogens is 2. The van der Waals surface area contributed by atoms with Crippen molar-refractivity contribution in [3.63, 3.8) is 0 Å². The van der Waals surface area contributed by atoms with Crippen molar-refractivity contribution < 1.29 is 0 Å². The van der Waals surface area contributed by atoms with Gasteiger partial charge in [0.1, 0.15) is 5.65 Å². The molecule has 3 aromatic rings. The topological polar surface area (TPSA) is 17.3 Å². The van der Waals surface area contributed by atoms with Gasteiger partial charge in [0.05, 0.1) is 5.69 Å². The highest BCUT2D eigenvalue weighted by Crippen LogP contribution is 2.21. The molecule has 0 amide bonds. The van der Waals surface area contributed by atoms with Crippen molar-refractivity contribution in [2.24, 2.45) is 0 Å². The molecule has 84 valence electrons. The standard InChI is InChI=1S/C14H11ClN2/c1-10-3-2-4-14-16-13(9-17(10)14)11-5-7-12(15)8-6-11/h2-9H,1H3. The summed E-state index contributed by atoms with van der Waals surface area (Å²) in [6.45, 7) is 2.07. The minimum absolute atomic E-state index is 0.744. The van der Waals surface area contributed by atoms with E-state index in [4.69, 9.17) is 11.6 Å². The van der Waals surface area contributed by atoms with E-state index in [0.717, 1.165) is 21.9 Å². The van der Waals surface area contributed by atoms with Crippen LogP contribution < -0.4 is 0 Å². The molecule has 0 aliphatic rings. The van der Waals surface area contributed by atoms with Crippen LogP contribution >= 0.6 is 11.6 Å². The summed E-state index contributed by atoms with van der Waals surface area (Å²) in [5.74, 6) is 0. The summed E-state index contributed by atoms with van der Waals surface area (Å²) < 4.78 is 2.09. The van der Waals surface area contributed by atoms with Crippen LogP contribution in [0.15, 0.2) is 48.7 Å². The lowest BCUT2D eigenvalue weighted by atomic mass is 10.2. The first-order valence-corrected chi connectivity index (χ1v) is 5.82. The van der Waals surface area contributed by atoms with Crippen LogP contribution in [0.4, 0.5) is 0 Å². The number of nitrogens with zero attached hydrogens (tertiary/aromatic N) is 2. The number of fused-ring (bicyclic) bond motifs is 1. The molecule has 2 nitrogen and oxygen atoms in total. The lowest BCUT2D eigenvalue weighted by molar-refractivity contribution is 1.09. The minimum Gasteiger partial charge on any atom is -0.304 e. The summed E-state index contributed by atoms with van der Waals surface area (Å²) >= 11 is 5.88. The van der Waals surface area contributed by atoms with Gasteiger partial charge >= 0.3 is 0 Å². The molecule has 0 fully saturated rings. The highest BCUT2D eigenvalue weighted by atomic mass is 35.5. The summed E-state index contributed by atoms with van der Waals surface area (Å²) in [5.41, 5.74) is 4.19. The molecule has 0 saturated heterocycles. The van der Waals surface area contributed by atoms with Gasteiger partial charge in [-0.1, -0.05) is 29.8 Å². The number of imidazole rings is 1. The fraction of sp³-hybridized carbons (Fsp3) is 0.0714. The summed E-state index contributed by atoms with van der Waals surface area (Å²) in [6.07, 6.45) is 2.05. The van der Waals surface area contributed by atoms with E-state index in [1.54, 1.807) is 0 Å². The van der Waals surface area contributed by atoms with Gasteiger partial charge < -0.3 is 4.40 Å². The Morgan fingerprint density at radius 3 is 2.53 bits per heavy atom. The van der Waals surface area contributed by atoms with E-state index in [9.17, 15) is 0 Å². The van der Waals surface area contributed by atoms with Crippen molar-refractivity contribution in [3.8, 4) is 11.3 Å². The molecule has 17 heavy (non-hydrogen) atoms. The maximum Gasteiger partial charge on any atom is 0.137 e. The molecule has 0 radical (unpaired) electrons. The van der Waals surface area contributed by atoms with Crippen LogP contribution in [-0.4, -0.2) is 9.38 Å². The first kappa shape index (κ1) is 10.4. The molecule has 0 saturated carbocycles. The first-order chi connectivity index (χ1) is 8.24. The largest absolute Gasteiger partial charge is 0.304 e.